The van der Waals surface area contributed by atoms with E-state index in [1.165, 1.54) is 25.3 Å². The molecule has 2 aromatic heterocycles. The summed E-state index contributed by atoms with van der Waals surface area (Å²) in [5.74, 6) is -5.48. The quantitative estimate of drug-likeness (QED) is 0.468. The molecular formula is C22H25F5N4O3S. The van der Waals surface area contributed by atoms with E-state index in [-0.39, 0.29) is 21.9 Å². The van der Waals surface area contributed by atoms with Crippen LogP contribution >= 0.6 is 0 Å². The van der Waals surface area contributed by atoms with Crippen molar-refractivity contribution in [2.24, 2.45) is 11.1 Å². The highest BCUT2D eigenvalue weighted by atomic mass is 32.2. The molecule has 35 heavy (non-hydrogen) atoms. The van der Waals surface area contributed by atoms with Gasteiger partial charge in [0, 0.05) is 23.6 Å². The number of imidazole rings is 1. The zero-order valence-electron chi connectivity index (χ0n) is 19.5. The van der Waals surface area contributed by atoms with Crippen molar-refractivity contribution >= 4 is 22.0 Å². The Morgan fingerprint density at radius 1 is 1.23 bits per heavy atom. The van der Waals surface area contributed by atoms with Gasteiger partial charge in [0.1, 0.15) is 28.4 Å². The first kappa shape index (κ1) is 27.0. The first-order valence-corrected chi connectivity index (χ1v) is 11.9. The van der Waals surface area contributed by atoms with Crippen LogP contribution in [0.4, 0.5) is 22.0 Å². The number of hydrogen-bond acceptors (Lipinski definition) is 5. The van der Waals surface area contributed by atoms with Gasteiger partial charge in [0.2, 0.25) is 5.82 Å². The van der Waals surface area contributed by atoms with Crippen molar-refractivity contribution < 1.29 is 35.6 Å². The number of nitrogens with zero attached hydrogens (tertiary/aromatic N) is 2. The van der Waals surface area contributed by atoms with Gasteiger partial charge in [0.05, 0.1) is 12.6 Å². The summed E-state index contributed by atoms with van der Waals surface area (Å²) in [5, 5.41) is 5.37. The summed E-state index contributed by atoms with van der Waals surface area (Å²) in [4.78, 5) is 11.1. The molecule has 3 N–H and O–H groups in total. The van der Waals surface area contributed by atoms with Crippen LogP contribution in [0.2, 0.25) is 0 Å². The average molecular weight is 521 g/mol. The van der Waals surface area contributed by atoms with Crippen LogP contribution in [0.1, 0.15) is 51.1 Å². The molecular weight excluding hydrogens is 495 g/mol. The number of H-pyrrole nitrogens is 1. The Morgan fingerprint density at radius 2 is 1.89 bits per heavy atom. The molecule has 13 heteroatoms. The van der Waals surface area contributed by atoms with Gasteiger partial charge in [-0.25, -0.2) is 23.7 Å². The Bertz CT molecular complexity index is 1250. The van der Waals surface area contributed by atoms with Crippen molar-refractivity contribution in [2.45, 2.75) is 56.5 Å². The lowest BCUT2D eigenvalue weighted by Crippen LogP contribution is -2.46. The standard InChI is InChI=1S/C20H19F5N4O3S.C2H6/c1-8-12(9-4-5-10(21)13(22)15(9)31-3)16(32-19(8,2)20(23,24)25)17-28-11-6-7-27-18(33(26)30)14(11)29-17;1-2/h4-8,12,16H,26H2,1-3H3,(H,28,29);1-2H3/t8?,12?,16-,19-,33?;/m1./s1. The molecule has 1 aromatic carbocycles. The number of nitrogens with one attached hydrogen (secondary N) is 1. The van der Waals surface area contributed by atoms with Crippen LogP contribution in [0.15, 0.2) is 29.4 Å². The van der Waals surface area contributed by atoms with Gasteiger partial charge in [-0.05, 0) is 19.1 Å². The van der Waals surface area contributed by atoms with Crippen molar-refractivity contribution in [2.75, 3.05) is 7.11 Å². The van der Waals surface area contributed by atoms with Crippen LogP contribution in [0.3, 0.4) is 0 Å². The van der Waals surface area contributed by atoms with Gasteiger partial charge in [-0.1, -0.05) is 26.8 Å². The molecule has 4 rings (SSSR count). The van der Waals surface area contributed by atoms with Crippen molar-refractivity contribution in [3.63, 3.8) is 0 Å². The average Bonchev–Trinajstić information content (AvgIpc) is 3.36. The van der Waals surface area contributed by atoms with Crippen LogP contribution in [0, 0.1) is 17.6 Å². The normalized spacial score (nSPS) is 25.3. The second-order valence-corrected chi connectivity index (χ2v) is 8.85. The van der Waals surface area contributed by atoms with Gasteiger partial charge in [0.15, 0.2) is 22.2 Å². The third-order valence-corrected chi connectivity index (χ3v) is 6.84. The Kier molecular flexibility index (Phi) is 7.53. The highest BCUT2D eigenvalue weighted by molar-refractivity contribution is 7.82. The molecule has 3 unspecified atom stereocenters. The maximum absolute atomic E-state index is 14.5. The number of aromatic amines is 1. The summed E-state index contributed by atoms with van der Waals surface area (Å²) in [6.07, 6.45) is -4.84. The van der Waals surface area contributed by atoms with Crippen molar-refractivity contribution in [1.82, 2.24) is 15.0 Å². The number of benzene rings is 1. The second kappa shape index (κ2) is 9.78. The predicted octanol–water partition coefficient (Wildman–Crippen LogP) is 5.06. The van der Waals surface area contributed by atoms with Crippen LogP contribution in [0.5, 0.6) is 5.75 Å². The Morgan fingerprint density at radius 3 is 2.46 bits per heavy atom. The zero-order valence-corrected chi connectivity index (χ0v) is 20.4. The third-order valence-electron chi connectivity index (χ3n) is 6.16. The molecule has 1 fully saturated rings. The molecule has 192 valence electrons. The molecule has 3 heterocycles. The topological polar surface area (TPSA) is 103 Å². The van der Waals surface area contributed by atoms with Crippen LogP contribution in [0.25, 0.3) is 11.0 Å². The van der Waals surface area contributed by atoms with Gasteiger partial charge in [0.25, 0.3) is 0 Å². The lowest BCUT2D eigenvalue weighted by atomic mass is 9.77. The van der Waals surface area contributed by atoms with E-state index >= 15 is 0 Å². The largest absolute Gasteiger partial charge is 0.493 e. The number of hydrogen-bond donors (Lipinski definition) is 2. The summed E-state index contributed by atoms with van der Waals surface area (Å²) >= 11 is 0. The first-order chi connectivity index (χ1) is 16.4. The maximum atomic E-state index is 14.5. The van der Waals surface area contributed by atoms with E-state index < -0.39 is 58.1 Å². The molecule has 1 saturated heterocycles. The van der Waals surface area contributed by atoms with E-state index in [9.17, 15) is 26.2 Å². The number of fused-ring (bicyclic) bond motifs is 1. The smallest absolute Gasteiger partial charge is 0.417 e. The fourth-order valence-corrected chi connectivity index (χ4v) is 4.77. The minimum absolute atomic E-state index is 0.0110. The van der Waals surface area contributed by atoms with Gasteiger partial charge in [-0.2, -0.15) is 17.6 Å². The predicted molar refractivity (Wildman–Crippen MR) is 119 cm³/mol. The van der Waals surface area contributed by atoms with Crippen LogP contribution in [-0.4, -0.2) is 38.0 Å². The van der Waals surface area contributed by atoms with Gasteiger partial charge in [-0.15, -0.1) is 0 Å². The van der Waals surface area contributed by atoms with Crippen molar-refractivity contribution in [3.8, 4) is 5.75 Å². The number of rotatable bonds is 4. The van der Waals surface area contributed by atoms with Crippen molar-refractivity contribution in [3.05, 3.63) is 47.4 Å². The number of methoxy groups -OCH3 is 1. The summed E-state index contributed by atoms with van der Waals surface area (Å²) in [6, 6.07) is 3.47. The number of halogens is 5. The van der Waals surface area contributed by atoms with Gasteiger partial charge < -0.3 is 14.5 Å². The van der Waals surface area contributed by atoms with E-state index in [0.717, 1.165) is 20.1 Å². The molecule has 0 bridgehead atoms. The number of alkyl halides is 3. The number of pyridine rings is 1. The van der Waals surface area contributed by atoms with Gasteiger partial charge >= 0.3 is 6.18 Å². The molecule has 0 radical (unpaired) electrons. The lowest BCUT2D eigenvalue weighted by Gasteiger charge is -2.32. The molecule has 5 atom stereocenters. The zero-order chi connectivity index (χ0) is 26.3. The number of aromatic nitrogens is 3. The highest BCUT2D eigenvalue weighted by Crippen LogP contribution is 2.59. The summed E-state index contributed by atoms with van der Waals surface area (Å²) in [7, 11) is -0.917. The van der Waals surface area contributed by atoms with Crippen molar-refractivity contribution in [1.29, 1.82) is 0 Å². The van der Waals surface area contributed by atoms with Crippen LogP contribution < -0.4 is 9.88 Å². The molecule has 3 aromatic rings. The molecule has 1 aliphatic heterocycles. The SMILES string of the molecule is CC.COc1c(C2C(C)[C@](C)(C(F)(F)F)O[C@H]2c2nc3c(S(N)=O)nccc3[nH]2)ccc(F)c1F. The molecule has 0 spiro atoms. The summed E-state index contributed by atoms with van der Waals surface area (Å²) in [5.41, 5.74) is -2.24. The summed E-state index contributed by atoms with van der Waals surface area (Å²) in [6.45, 7) is 6.20. The fraction of sp³-hybridized carbons (Fsp3) is 0.455. The first-order valence-electron chi connectivity index (χ1n) is 10.7. The molecule has 0 saturated carbocycles. The van der Waals surface area contributed by atoms with E-state index in [1.54, 1.807) is 0 Å². The Labute approximate surface area is 200 Å². The Balaban J connectivity index is 0.00000167. The van der Waals surface area contributed by atoms with E-state index in [4.69, 9.17) is 14.6 Å². The monoisotopic (exact) mass is 520 g/mol. The second-order valence-electron chi connectivity index (χ2n) is 7.87. The molecule has 0 aliphatic carbocycles. The lowest BCUT2D eigenvalue weighted by molar-refractivity contribution is -0.275. The molecule has 0 amide bonds. The van der Waals surface area contributed by atoms with E-state index in [2.05, 4.69) is 15.0 Å². The summed E-state index contributed by atoms with van der Waals surface area (Å²) < 4.78 is 92.9. The highest BCUT2D eigenvalue weighted by Gasteiger charge is 2.65. The van der Waals surface area contributed by atoms with Crippen LogP contribution in [-0.2, 0) is 15.7 Å². The fourth-order valence-electron chi connectivity index (χ4n) is 4.26. The van der Waals surface area contributed by atoms with E-state index in [1.807, 2.05) is 13.8 Å². The Hall–Kier alpha value is -2.64. The molecule has 7 nitrogen and oxygen atoms in total. The maximum Gasteiger partial charge on any atom is 0.417 e. The molecule has 1 aliphatic rings. The minimum atomic E-state index is -4.79. The third kappa shape index (κ3) is 4.40. The van der Waals surface area contributed by atoms with E-state index in [0.29, 0.717) is 5.52 Å². The number of nitrogens with two attached hydrogens (primary N) is 1. The minimum Gasteiger partial charge on any atom is -0.493 e. The van der Waals surface area contributed by atoms with Gasteiger partial charge in [-0.3, -0.25) is 0 Å². The number of ether oxygens (including phenoxy) is 2.